The van der Waals surface area contributed by atoms with Gasteiger partial charge in [-0.3, -0.25) is 4.79 Å². The highest BCUT2D eigenvalue weighted by Crippen LogP contribution is 2.41. The first-order chi connectivity index (χ1) is 9.63. The number of rotatable bonds is 4. The van der Waals surface area contributed by atoms with Crippen LogP contribution in [0.3, 0.4) is 0 Å². The van der Waals surface area contributed by atoms with Gasteiger partial charge in [-0.05, 0) is 46.1 Å². The van der Waals surface area contributed by atoms with E-state index in [9.17, 15) is 10.1 Å². The Morgan fingerprint density at radius 3 is 2.70 bits per heavy atom. The Kier molecular flexibility index (Phi) is 5.00. The minimum absolute atomic E-state index is 0.294. The van der Waals surface area contributed by atoms with Gasteiger partial charge in [-0.15, -0.1) is 0 Å². The zero-order valence-corrected chi connectivity index (χ0v) is 12.4. The van der Waals surface area contributed by atoms with Gasteiger partial charge in [0, 0.05) is 25.3 Å². The summed E-state index contributed by atoms with van der Waals surface area (Å²) in [5, 5.41) is 9.43. The van der Waals surface area contributed by atoms with Gasteiger partial charge in [0.15, 0.2) is 5.41 Å². The smallest absolute Gasteiger partial charge is 0.326 e. The topological polar surface area (TPSA) is 62.6 Å². The highest BCUT2D eigenvalue weighted by molar-refractivity contribution is 5.80. The summed E-state index contributed by atoms with van der Waals surface area (Å²) in [4.78, 5) is 14.4. The molecule has 5 heteroatoms. The van der Waals surface area contributed by atoms with E-state index in [2.05, 4.69) is 18.0 Å². The van der Waals surface area contributed by atoms with Crippen molar-refractivity contribution in [1.29, 1.82) is 5.26 Å². The van der Waals surface area contributed by atoms with E-state index in [4.69, 9.17) is 9.47 Å². The fourth-order valence-corrected chi connectivity index (χ4v) is 3.36. The molecule has 2 unspecified atom stereocenters. The second-order valence-corrected chi connectivity index (χ2v) is 5.82. The predicted octanol–water partition coefficient (Wildman–Crippen LogP) is 1.72. The molecular weight excluding hydrogens is 256 g/mol. The maximum absolute atomic E-state index is 12.1. The molecule has 0 spiro atoms. The summed E-state index contributed by atoms with van der Waals surface area (Å²) in [5.41, 5.74) is -0.930. The highest BCUT2D eigenvalue weighted by atomic mass is 16.5. The summed E-state index contributed by atoms with van der Waals surface area (Å²) in [5.74, 6) is -0.342. The molecule has 2 aliphatic rings. The summed E-state index contributed by atoms with van der Waals surface area (Å²) in [6.07, 6.45) is 4.16. The summed E-state index contributed by atoms with van der Waals surface area (Å²) in [7, 11) is 2.11. The van der Waals surface area contributed by atoms with Crippen molar-refractivity contribution in [1.82, 2.24) is 4.90 Å². The second-order valence-electron chi connectivity index (χ2n) is 5.82. The minimum atomic E-state index is -0.930. The third-order valence-electron chi connectivity index (χ3n) is 4.71. The summed E-state index contributed by atoms with van der Waals surface area (Å²) < 4.78 is 10.5. The van der Waals surface area contributed by atoms with Crippen LogP contribution in [0.4, 0.5) is 0 Å². The molecule has 0 bridgehead atoms. The predicted molar refractivity (Wildman–Crippen MR) is 73.9 cm³/mol. The van der Waals surface area contributed by atoms with Gasteiger partial charge in [-0.2, -0.15) is 5.26 Å². The van der Waals surface area contributed by atoms with Gasteiger partial charge in [0.05, 0.1) is 12.7 Å². The fourth-order valence-electron chi connectivity index (χ4n) is 3.36. The monoisotopic (exact) mass is 280 g/mol. The lowest BCUT2D eigenvalue weighted by Crippen LogP contribution is -2.43. The molecule has 0 aromatic heterocycles. The van der Waals surface area contributed by atoms with E-state index in [1.807, 2.05) is 0 Å². The third-order valence-corrected chi connectivity index (χ3v) is 4.71. The largest absolute Gasteiger partial charge is 0.465 e. The van der Waals surface area contributed by atoms with Crippen LogP contribution in [-0.2, 0) is 14.3 Å². The van der Waals surface area contributed by atoms with Crippen molar-refractivity contribution >= 4 is 5.97 Å². The number of esters is 1. The van der Waals surface area contributed by atoms with Crippen molar-refractivity contribution in [3.8, 4) is 6.07 Å². The van der Waals surface area contributed by atoms with Gasteiger partial charge in [0.2, 0.25) is 0 Å². The standard InChI is InChI=1S/C15H24N2O3/c1-3-20-14(18)15(11-16)7-4-13(10-15)17(2)12-5-8-19-9-6-12/h12-13H,3-10H2,1-2H3. The summed E-state index contributed by atoms with van der Waals surface area (Å²) in [6.45, 7) is 3.73. The fraction of sp³-hybridized carbons (Fsp3) is 0.867. The molecule has 2 fully saturated rings. The molecule has 1 aliphatic carbocycles. The molecule has 1 aliphatic heterocycles. The highest BCUT2D eigenvalue weighted by Gasteiger charge is 2.48. The van der Waals surface area contributed by atoms with E-state index in [1.165, 1.54) is 0 Å². The zero-order chi connectivity index (χ0) is 14.6. The number of carbonyl (C=O) groups is 1. The first-order valence-corrected chi connectivity index (χ1v) is 7.51. The van der Waals surface area contributed by atoms with Crippen molar-refractivity contribution < 1.29 is 14.3 Å². The Morgan fingerprint density at radius 1 is 1.40 bits per heavy atom. The van der Waals surface area contributed by atoms with Crippen molar-refractivity contribution in [2.45, 2.75) is 51.1 Å². The maximum Gasteiger partial charge on any atom is 0.326 e. The number of nitriles is 1. The summed E-state index contributed by atoms with van der Waals surface area (Å²) >= 11 is 0. The molecule has 2 rings (SSSR count). The molecule has 0 N–H and O–H groups in total. The maximum atomic E-state index is 12.1. The molecule has 2 atom stereocenters. The van der Waals surface area contributed by atoms with Crippen LogP contribution in [0.1, 0.15) is 39.0 Å². The van der Waals surface area contributed by atoms with Gasteiger partial charge in [-0.1, -0.05) is 0 Å². The van der Waals surface area contributed by atoms with Gasteiger partial charge in [0.1, 0.15) is 0 Å². The first kappa shape index (κ1) is 15.3. The number of hydrogen-bond donors (Lipinski definition) is 0. The van der Waals surface area contributed by atoms with Crippen molar-refractivity contribution in [3.63, 3.8) is 0 Å². The van der Waals surface area contributed by atoms with Crippen LogP contribution in [0.15, 0.2) is 0 Å². The van der Waals surface area contributed by atoms with Crippen LogP contribution >= 0.6 is 0 Å². The third kappa shape index (κ3) is 2.97. The number of hydrogen-bond acceptors (Lipinski definition) is 5. The quantitative estimate of drug-likeness (QED) is 0.734. The number of carbonyl (C=O) groups excluding carboxylic acids is 1. The Morgan fingerprint density at radius 2 is 2.10 bits per heavy atom. The van der Waals surface area contributed by atoms with E-state index in [0.29, 0.717) is 31.5 Å². The molecule has 1 saturated carbocycles. The van der Waals surface area contributed by atoms with Gasteiger partial charge >= 0.3 is 5.97 Å². The average molecular weight is 280 g/mol. The molecule has 5 nitrogen and oxygen atoms in total. The van der Waals surface area contributed by atoms with Crippen molar-refractivity contribution in [2.75, 3.05) is 26.9 Å². The van der Waals surface area contributed by atoms with Gasteiger partial charge < -0.3 is 14.4 Å². The van der Waals surface area contributed by atoms with Crippen LogP contribution < -0.4 is 0 Å². The Labute approximate surface area is 120 Å². The van der Waals surface area contributed by atoms with Crippen molar-refractivity contribution in [3.05, 3.63) is 0 Å². The minimum Gasteiger partial charge on any atom is -0.465 e. The van der Waals surface area contributed by atoms with E-state index in [-0.39, 0.29) is 5.97 Å². The molecule has 0 amide bonds. The Balaban J connectivity index is 1.99. The van der Waals surface area contributed by atoms with Crippen LogP contribution in [0, 0.1) is 16.7 Å². The first-order valence-electron chi connectivity index (χ1n) is 7.51. The molecule has 112 valence electrons. The van der Waals surface area contributed by atoms with Crippen molar-refractivity contribution in [2.24, 2.45) is 5.41 Å². The van der Waals surface area contributed by atoms with Gasteiger partial charge in [0.25, 0.3) is 0 Å². The van der Waals surface area contributed by atoms with Crippen LogP contribution in [-0.4, -0.2) is 49.8 Å². The molecule has 0 aromatic carbocycles. The number of nitrogens with zero attached hydrogens (tertiary/aromatic N) is 2. The van der Waals surface area contributed by atoms with Crippen LogP contribution in [0.2, 0.25) is 0 Å². The molecule has 0 radical (unpaired) electrons. The molecule has 1 saturated heterocycles. The van der Waals surface area contributed by atoms with Crippen LogP contribution in [0.5, 0.6) is 0 Å². The Hall–Kier alpha value is -1.12. The Bertz CT molecular complexity index is 387. The molecule has 0 aromatic rings. The van der Waals surface area contributed by atoms with E-state index in [0.717, 1.165) is 32.5 Å². The zero-order valence-electron chi connectivity index (χ0n) is 12.4. The SMILES string of the molecule is CCOC(=O)C1(C#N)CCC(N(C)C2CCOCC2)C1. The lowest BCUT2D eigenvalue weighted by molar-refractivity contribution is -0.151. The van der Waals surface area contributed by atoms with E-state index >= 15 is 0 Å². The molecular formula is C15H24N2O3. The summed E-state index contributed by atoms with van der Waals surface area (Å²) in [6, 6.07) is 3.02. The second kappa shape index (κ2) is 6.55. The lowest BCUT2D eigenvalue weighted by Gasteiger charge is -2.35. The lowest BCUT2D eigenvalue weighted by atomic mass is 9.87. The van der Waals surface area contributed by atoms with Crippen LogP contribution in [0.25, 0.3) is 0 Å². The van der Waals surface area contributed by atoms with E-state index < -0.39 is 5.41 Å². The number of ether oxygens (including phenoxy) is 2. The molecule has 1 heterocycles. The molecule has 20 heavy (non-hydrogen) atoms. The van der Waals surface area contributed by atoms with Gasteiger partial charge in [-0.25, -0.2) is 0 Å². The average Bonchev–Trinajstić information content (AvgIpc) is 2.93. The van der Waals surface area contributed by atoms with E-state index in [1.54, 1.807) is 6.92 Å². The normalized spacial score (nSPS) is 31.2.